The number of rotatable bonds is 7. The monoisotopic (exact) mass is 654 g/mol. The Kier molecular flexibility index (Phi) is 10.6. The van der Waals surface area contributed by atoms with Gasteiger partial charge in [0.1, 0.15) is 23.9 Å². The van der Waals surface area contributed by atoms with Gasteiger partial charge in [-0.3, -0.25) is 19.2 Å². The Morgan fingerprint density at radius 2 is 1.51 bits per heavy atom. The third kappa shape index (κ3) is 8.50. The molecule has 1 fully saturated rings. The van der Waals surface area contributed by atoms with E-state index in [4.69, 9.17) is 4.74 Å². The van der Waals surface area contributed by atoms with Gasteiger partial charge in [0, 0.05) is 25.2 Å². The van der Waals surface area contributed by atoms with Crippen LogP contribution in [0.5, 0.6) is 5.75 Å². The van der Waals surface area contributed by atoms with Crippen molar-refractivity contribution in [3.8, 4) is 5.75 Å². The second-order valence-corrected chi connectivity index (χ2v) is 12.0. The molecule has 0 saturated carbocycles. The predicted octanol–water partition coefficient (Wildman–Crippen LogP) is 4.82. The minimum absolute atomic E-state index is 0.218. The summed E-state index contributed by atoms with van der Waals surface area (Å²) < 4.78 is 6.50. The van der Waals surface area contributed by atoms with Crippen LogP contribution in [-0.2, 0) is 25.6 Å². The van der Waals surface area contributed by atoms with Crippen molar-refractivity contribution in [3.63, 3.8) is 0 Å². The fraction of sp³-hybridized carbons (Fsp3) is 0.200. The number of hydrogen-bond donors (Lipinski definition) is 3. The van der Waals surface area contributed by atoms with Crippen LogP contribution in [0.1, 0.15) is 41.2 Å². The van der Waals surface area contributed by atoms with Crippen molar-refractivity contribution in [2.24, 2.45) is 0 Å². The van der Waals surface area contributed by atoms with E-state index in [0.717, 1.165) is 16.7 Å². The average molecular weight is 655 g/mol. The van der Waals surface area contributed by atoms with E-state index >= 15 is 0 Å². The number of carbonyl (C=O) groups excluding carboxylic acids is 4. The van der Waals surface area contributed by atoms with E-state index in [1.165, 1.54) is 17.2 Å². The zero-order chi connectivity index (χ0) is 34.0. The van der Waals surface area contributed by atoms with Crippen LogP contribution < -0.4 is 20.7 Å². The summed E-state index contributed by atoms with van der Waals surface area (Å²) in [4.78, 5) is 56.9. The third-order valence-electron chi connectivity index (χ3n) is 8.63. The van der Waals surface area contributed by atoms with Gasteiger partial charge in [-0.05, 0) is 59.4 Å². The second-order valence-electron chi connectivity index (χ2n) is 12.0. The molecule has 0 aliphatic carbocycles. The summed E-state index contributed by atoms with van der Waals surface area (Å²) in [7, 11) is 0. The summed E-state index contributed by atoms with van der Waals surface area (Å²) >= 11 is 0. The number of amides is 4. The van der Waals surface area contributed by atoms with Gasteiger partial charge >= 0.3 is 0 Å². The normalized spacial score (nSPS) is 21.7. The first kappa shape index (κ1) is 33.0. The molecule has 7 rings (SSSR count). The Balaban J connectivity index is 1.33. The van der Waals surface area contributed by atoms with Crippen molar-refractivity contribution < 1.29 is 23.9 Å². The van der Waals surface area contributed by atoms with E-state index in [-0.39, 0.29) is 12.3 Å². The van der Waals surface area contributed by atoms with Crippen molar-refractivity contribution in [2.75, 3.05) is 6.54 Å². The van der Waals surface area contributed by atoms with Crippen molar-refractivity contribution >= 4 is 35.8 Å². The van der Waals surface area contributed by atoms with Gasteiger partial charge in [0.2, 0.25) is 23.6 Å². The topological polar surface area (TPSA) is 117 Å². The van der Waals surface area contributed by atoms with Crippen LogP contribution >= 0.6 is 0 Å². The Morgan fingerprint density at radius 3 is 2.22 bits per heavy atom. The lowest BCUT2D eigenvalue weighted by Gasteiger charge is -2.32. The zero-order valence-electron chi connectivity index (χ0n) is 26.9. The van der Waals surface area contributed by atoms with Gasteiger partial charge < -0.3 is 25.6 Å². The second kappa shape index (κ2) is 15.8. The lowest BCUT2D eigenvalue weighted by Crippen LogP contribution is -2.58. The SMILES string of the molecule is O=C1N/C=C\c2ccc(cc2)O[C@@H](c2ccccc2)[C@H](NC(=O)[C@@H]2CCCN2C(=O)/C=C/c2ccccc2)C(=O)N[C@H]1Cc1ccccc1. The minimum atomic E-state index is -1.27. The standard InChI is InChI=1S/C40H38N4O5/c45-35(23-20-28-11-4-1-5-12-28)44-26-10-17-34(44)39(47)43-36-37(31-15-8-3-9-16-31)49-32-21-18-29(19-22-32)24-25-41-38(46)33(42-40(36)48)27-30-13-6-2-7-14-30/h1-9,11-16,18-25,33-34,36-37H,10,17,26-27H2,(H,41,46)(H,42,48)(H,43,47)/b23-20+,25-24-/t33-,34-,36-,37-/m0/s1. The lowest BCUT2D eigenvalue weighted by atomic mass is 9.98. The highest BCUT2D eigenvalue weighted by molar-refractivity contribution is 5.98. The predicted molar refractivity (Wildman–Crippen MR) is 188 cm³/mol. The molecule has 3 N–H and O–H groups in total. The molecule has 3 heterocycles. The highest BCUT2D eigenvalue weighted by Crippen LogP contribution is 2.28. The molecule has 0 unspecified atom stereocenters. The first-order valence-corrected chi connectivity index (χ1v) is 16.4. The molecule has 0 aromatic heterocycles. The quantitative estimate of drug-likeness (QED) is 0.247. The molecule has 0 spiro atoms. The van der Waals surface area contributed by atoms with E-state index in [0.29, 0.717) is 30.7 Å². The molecule has 9 heteroatoms. The zero-order valence-corrected chi connectivity index (χ0v) is 26.9. The Labute approximate surface area is 285 Å². The van der Waals surface area contributed by atoms with Crippen LogP contribution in [0.2, 0.25) is 0 Å². The number of nitrogens with one attached hydrogen (secondary N) is 3. The van der Waals surface area contributed by atoms with Crippen molar-refractivity contribution in [1.82, 2.24) is 20.9 Å². The Bertz CT molecular complexity index is 1810. The molecule has 3 aliphatic rings. The molecule has 4 aromatic carbocycles. The maximum atomic E-state index is 14.4. The van der Waals surface area contributed by atoms with E-state index in [1.54, 1.807) is 24.3 Å². The number of nitrogens with zero attached hydrogens (tertiary/aromatic N) is 1. The number of likely N-dealkylation sites (tertiary alicyclic amines) is 1. The fourth-order valence-corrected chi connectivity index (χ4v) is 6.08. The van der Waals surface area contributed by atoms with Gasteiger partial charge in [-0.15, -0.1) is 0 Å². The maximum Gasteiger partial charge on any atom is 0.247 e. The lowest BCUT2D eigenvalue weighted by molar-refractivity contribution is -0.138. The molecule has 0 radical (unpaired) electrons. The van der Waals surface area contributed by atoms with Gasteiger partial charge in [0.15, 0.2) is 6.10 Å². The molecule has 4 atom stereocenters. The smallest absolute Gasteiger partial charge is 0.247 e. The summed E-state index contributed by atoms with van der Waals surface area (Å²) in [6.07, 6.45) is 6.81. The Morgan fingerprint density at radius 1 is 0.837 bits per heavy atom. The summed E-state index contributed by atoms with van der Waals surface area (Å²) in [6, 6.07) is 32.2. The van der Waals surface area contributed by atoms with Gasteiger partial charge in [-0.1, -0.05) is 103 Å². The van der Waals surface area contributed by atoms with Crippen molar-refractivity contribution in [1.29, 1.82) is 0 Å². The van der Waals surface area contributed by atoms with Crippen molar-refractivity contribution in [3.05, 3.63) is 150 Å². The van der Waals surface area contributed by atoms with Crippen molar-refractivity contribution in [2.45, 2.75) is 43.5 Å². The molecule has 9 nitrogen and oxygen atoms in total. The van der Waals surface area contributed by atoms with Crippen LogP contribution in [-0.4, -0.2) is 53.2 Å². The number of ether oxygens (including phenoxy) is 1. The number of fused-ring (bicyclic) bond motifs is 10. The van der Waals surface area contributed by atoms with E-state index in [9.17, 15) is 19.2 Å². The first-order valence-electron chi connectivity index (χ1n) is 16.4. The van der Waals surface area contributed by atoms with Gasteiger partial charge in [0.25, 0.3) is 0 Å². The summed E-state index contributed by atoms with van der Waals surface area (Å²) in [5.41, 5.74) is 3.20. The van der Waals surface area contributed by atoms with Gasteiger partial charge in [-0.25, -0.2) is 0 Å². The average Bonchev–Trinajstić information content (AvgIpc) is 3.64. The van der Waals surface area contributed by atoms with Gasteiger partial charge in [-0.2, -0.15) is 0 Å². The molecule has 2 bridgehead atoms. The summed E-state index contributed by atoms with van der Waals surface area (Å²) in [5, 5.41) is 8.65. The largest absolute Gasteiger partial charge is 0.483 e. The minimum Gasteiger partial charge on any atom is -0.483 e. The Hall–Kier alpha value is -5.96. The van der Waals surface area contributed by atoms with Gasteiger partial charge in [0.05, 0.1) is 0 Å². The van der Waals surface area contributed by atoms with Crippen LogP contribution in [0.4, 0.5) is 0 Å². The van der Waals surface area contributed by atoms with Crippen LogP contribution in [0.25, 0.3) is 12.2 Å². The molecular weight excluding hydrogens is 616 g/mol. The summed E-state index contributed by atoms with van der Waals surface area (Å²) in [6.45, 7) is 0.407. The number of carbonyl (C=O) groups is 4. The number of benzene rings is 4. The van der Waals surface area contributed by atoms with E-state index in [1.807, 2.05) is 103 Å². The molecule has 1 saturated heterocycles. The third-order valence-corrected chi connectivity index (χ3v) is 8.63. The maximum absolute atomic E-state index is 14.4. The molecule has 248 valence electrons. The molecule has 4 amide bonds. The summed E-state index contributed by atoms with van der Waals surface area (Å²) in [5.74, 6) is -1.30. The van der Waals surface area contributed by atoms with E-state index < -0.39 is 42.0 Å². The molecule has 49 heavy (non-hydrogen) atoms. The fourth-order valence-electron chi connectivity index (χ4n) is 6.08. The molecule has 3 aliphatic heterocycles. The van der Waals surface area contributed by atoms with E-state index in [2.05, 4.69) is 16.0 Å². The highest BCUT2D eigenvalue weighted by atomic mass is 16.5. The van der Waals surface area contributed by atoms with Crippen LogP contribution in [0, 0.1) is 0 Å². The first-order chi connectivity index (χ1) is 23.9. The highest BCUT2D eigenvalue weighted by Gasteiger charge is 2.40. The van der Waals surface area contributed by atoms with Crippen LogP contribution in [0.3, 0.4) is 0 Å². The number of hydrogen-bond acceptors (Lipinski definition) is 5. The van der Waals surface area contributed by atoms with Crippen LogP contribution in [0.15, 0.2) is 128 Å². The molecule has 4 aromatic rings. The molecular formula is C40H38N4O5.